The van der Waals surface area contributed by atoms with Crippen molar-refractivity contribution >= 4 is 5.57 Å². The lowest BCUT2D eigenvalue weighted by atomic mass is 10.0. The Kier molecular flexibility index (Phi) is 5.02. The van der Waals surface area contributed by atoms with E-state index in [1.807, 2.05) is 0 Å². The van der Waals surface area contributed by atoms with Gasteiger partial charge in [0.2, 0.25) is 5.95 Å². The van der Waals surface area contributed by atoms with Crippen molar-refractivity contribution in [3.63, 3.8) is 0 Å². The van der Waals surface area contributed by atoms with Gasteiger partial charge in [0.1, 0.15) is 0 Å². The second-order valence-corrected chi connectivity index (χ2v) is 3.64. The molecule has 0 radical (unpaired) electrons. The summed E-state index contributed by atoms with van der Waals surface area (Å²) in [5, 5.41) is 0. The Bertz CT molecular complexity index is 314. The highest BCUT2D eigenvalue weighted by molar-refractivity contribution is 5.64. The molecule has 0 aromatic carbocycles. The number of pyridine rings is 1. The van der Waals surface area contributed by atoms with Crippen LogP contribution < -0.4 is 0 Å². The molecule has 0 amide bonds. The minimum absolute atomic E-state index is 0.412. The molecule has 1 nitrogen and oxygen atoms in total. The van der Waals surface area contributed by atoms with Crippen molar-refractivity contribution in [2.45, 2.75) is 39.5 Å². The molecule has 0 saturated heterocycles. The van der Waals surface area contributed by atoms with Crippen LogP contribution in [0.1, 0.15) is 45.1 Å². The Hall–Kier alpha value is -1.18. The molecule has 82 valence electrons. The third-order valence-corrected chi connectivity index (χ3v) is 2.30. The van der Waals surface area contributed by atoms with E-state index in [9.17, 15) is 4.39 Å². The Morgan fingerprint density at radius 2 is 2.13 bits per heavy atom. The molecule has 1 rings (SSSR count). The number of unbranched alkanes of at least 4 members (excludes halogenated alkanes) is 1. The van der Waals surface area contributed by atoms with Crippen molar-refractivity contribution in [1.82, 2.24) is 4.98 Å². The Balaban J connectivity index is 2.83. The molecule has 0 fully saturated rings. The molecule has 1 heterocycles. The van der Waals surface area contributed by atoms with Crippen LogP contribution in [0.25, 0.3) is 5.57 Å². The smallest absolute Gasteiger partial charge is 0.212 e. The van der Waals surface area contributed by atoms with Gasteiger partial charge in [-0.1, -0.05) is 32.8 Å². The van der Waals surface area contributed by atoms with Crippen molar-refractivity contribution in [2.75, 3.05) is 0 Å². The van der Waals surface area contributed by atoms with Gasteiger partial charge in [-0.05, 0) is 36.1 Å². The summed E-state index contributed by atoms with van der Waals surface area (Å²) in [5.74, 6) is -0.412. The average Bonchev–Trinajstić information content (AvgIpc) is 2.25. The normalized spacial score (nSPS) is 11.8. The number of rotatable bonds is 5. The predicted octanol–water partition coefficient (Wildman–Crippen LogP) is 4.20. The summed E-state index contributed by atoms with van der Waals surface area (Å²) in [4.78, 5) is 3.68. The SMILES string of the molecule is CCC/C=C(\CCC)c1ccc(F)nc1. The fourth-order valence-corrected chi connectivity index (χ4v) is 1.52. The molecule has 0 unspecified atom stereocenters. The van der Waals surface area contributed by atoms with Gasteiger partial charge < -0.3 is 0 Å². The van der Waals surface area contributed by atoms with Crippen LogP contribution in [0.3, 0.4) is 0 Å². The van der Waals surface area contributed by atoms with Crippen LogP contribution in [-0.2, 0) is 0 Å². The number of nitrogens with zero attached hydrogens (tertiary/aromatic N) is 1. The van der Waals surface area contributed by atoms with E-state index in [2.05, 4.69) is 24.9 Å². The van der Waals surface area contributed by atoms with Crippen LogP contribution in [0.4, 0.5) is 4.39 Å². The van der Waals surface area contributed by atoms with E-state index in [1.165, 1.54) is 11.6 Å². The maximum Gasteiger partial charge on any atom is 0.212 e. The van der Waals surface area contributed by atoms with Crippen LogP contribution in [-0.4, -0.2) is 4.98 Å². The summed E-state index contributed by atoms with van der Waals surface area (Å²) in [6.45, 7) is 4.31. The van der Waals surface area contributed by atoms with Gasteiger partial charge in [-0.3, -0.25) is 0 Å². The zero-order chi connectivity index (χ0) is 11.1. The van der Waals surface area contributed by atoms with Crippen molar-refractivity contribution < 1.29 is 4.39 Å². The molecule has 0 aliphatic carbocycles. The first kappa shape index (κ1) is 11.9. The van der Waals surface area contributed by atoms with Gasteiger partial charge >= 0.3 is 0 Å². The lowest BCUT2D eigenvalue weighted by molar-refractivity contribution is 0.583. The van der Waals surface area contributed by atoms with E-state index in [4.69, 9.17) is 0 Å². The zero-order valence-corrected chi connectivity index (χ0v) is 9.46. The molecular weight excluding hydrogens is 189 g/mol. The third kappa shape index (κ3) is 3.82. The molecule has 1 aromatic heterocycles. The summed E-state index contributed by atoms with van der Waals surface area (Å²) in [5.41, 5.74) is 2.33. The van der Waals surface area contributed by atoms with Crippen LogP contribution >= 0.6 is 0 Å². The van der Waals surface area contributed by atoms with Crippen LogP contribution in [0.5, 0.6) is 0 Å². The van der Waals surface area contributed by atoms with E-state index in [-0.39, 0.29) is 0 Å². The van der Waals surface area contributed by atoms with E-state index in [0.29, 0.717) is 0 Å². The maximum absolute atomic E-state index is 12.7. The van der Waals surface area contributed by atoms with Crippen molar-refractivity contribution in [3.05, 3.63) is 35.9 Å². The number of halogens is 1. The number of aromatic nitrogens is 1. The summed E-state index contributed by atoms with van der Waals surface area (Å²) < 4.78 is 12.7. The summed E-state index contributed by atoms with van der Waals surface area (Å²) in [6.07, 6.45) is 8.21. The van der Waals surface area contributed by atoms with Gasteiger partial charge in [0, 0.05) is 6.20 Å². The highest BCUT2D eigenvalue weighted by atomic mass is 19.1. The standard InChI is InChI=1S/C13H18FN/c1-3-5-7-11(6-4-2)12-8-9-13(14)15-10-12/h7-10H,3-6H2,1-2H3/b11-7+. The van der Waals surface area contributed by atoms with Crippen molar-refractivity contribution in [2.24, 2.45) is 0 Å². The van der Waals surface area contributed by atoms with Gasteiger partial charge in [0.25, 0.3) is 0 Å². The van der Waals surface area contributed by atoms with Crippen LogP contribution in [0.15, 0.2) is 24.4 Å². The fraction of sp³-hybridized carbons (Fsp3) is 0.462. The van der Waals surface area contributed by atoms with E-state index in [0.717, 1.165) is 31.2 Å². The lowest BCUT2D eigenvalue weighted by Gasteiger charge is -2.05. The monoisotopic (exact) mass is 207 g/mol. The molecule has 0 atom stereocenters. The molecule has 1 aromatic rings. The highest BCUT2D eigenvalue weighted by Gasteiger charge is 2.01. The molecule has 0 aliphatic rings. The highest BCUT2D eigenvalue weighted by Crippen LogP contribution is 2.20. The van der Waals surface area contributed by atoms with Gasteiger partial charge in [0.05, 0.1) is 0 Å². The molecule has 0 bridgehead atoms. The molecule has 2 heteroatoms. The van der Waals surface area contributed by atoms with E-state index < -0.39 is 5.95 Å². The third-order valence-electron chi connectivity index (χ3n) is 2.30. The van der Waals surface area contributed by atoms with Crippen LogP contribution in [0, 0.1) is 5.95 Å². The molecular formula is C13H18FN. The number of allylic oxidation sites excluding steroid dienone is 2. The lowest BCUT2D eigenvalue weighted by Crippen LogP contribution is -1.88. The first-order valence-corrected chi connectivity index (χ1v) is 5.58. The second kappa shape index (κ2) is 6.33. The quantitative estimate of drug-likeness (QED) is 0.659. The zero-order valence-electron chi connectivity index (χ0n) is 9.46. The topological polar surface area (TPSA) is 12.9 Å². The predicted molar refractivity (Wildman–Crippen MR) is 62.0 cm³/mol. The van der Waals surface area contributed by atoms with E-state index >= 15 is 0 Å². The van der Waals surface area contributed by atoms with E-state index in [1.54, 1.807) is 12.3 Å². The van der Waals surface area contributed by atoms with Gasteiger partial charge in [-0.25, -0.2) is 4.98 Å². The number of hydrogen-bond donors (Lipinski definition) is 0. The Labute approximate surface area is 91.0 Å². The molecule has 0 aliphatic heterocycles. The average molecular weight is 207 g/mol. The summed E-state index contributed by atoms with van der Waals surface area (Å²) in [7, 11) is 0. The molecule has 0 spiro atoms. The first-order valence-electron chi connectivity index (χ1n) is 5.58. The van der Waals surface area contributed by atoms with Crippen molar-refractivity contribution in [1.29, 1.82) is 0 Å². The molecule has 0 N–H and O–H groups in total. The molecule has 0 saturated carbocycles. The Morgan fingerprint density at radius 3 is 2.67 bits per heavy atom. The maximum atomic E-state index is 12.7. The summed E-state index contributed by atoms with van der Waals surface area (Å²) >= 11 is 0. The fourth-order valence-electron chi connectivity index (χ4n) is 1.52. The Morgan fingerprint density at radius 1 is 1.33 bits per heavy atom. The molecule has 15 heavy (non-hydrogen) atoms. The van der Waals surface area contributed by atoms with Crippen molar-refractivity contribution in [3.8, 4) is 0 Å². The number of hydrogen-bond acceptors (Lipinski definition) is 1. The first-order chi connectivity index (χ1) is 7.27. The van der Waals surface area contributed by atoms with Gasteiger partial charge in [0.15, 0.2) is 0 Å². The second-order valence-electron chi connectivity index (χ2n) is 3.64. The minimum Gasteiger partial charge on any atom is -0.228 e. The van der Waals surface area contributed by atoms with Crippen LogP contribution in [0.2, 0.25) is 0 Å². The largest absolute Gasteiger partial charge is 0.228 e. The minimum atomic E-state index is -0.412. The summed E-state index contributed by atoms with van der Waals surface area (Å²) in [6, 6.07) is 3.23. The van der Waals surface area contributed by atoms with Gasteiger partial charge in [-0.2, -0.15) is 4.39 Å². The van der Waals surface area contributed by atoms with Gasteiger partial charge in [-0.15, -0.1) is 0 Å².